The number of nitrogens with two attached hydrogens (primary N) is 1. The summed E-state index contributed by atoms with van der Waals surface area (Å²) < 4.78 is 0. The minimum Gasteiger partial charge on any atom is -0.343 e. The molecule has 6 heteroatoms. The largest absolute Gasteiger partial charge is 0.343 e. The fourth-order valence-corrected chi connectivity index (χ4v) is 2.24. The molecule has 0 aromatic rings. The van der Waals surface area contributed by atoms with Gasteiger partial charge in [-0.05, 0) is 18.3 Å². The van der Waals surface area contributed by atoms with E-state index in [1.807, 2.05) is 20.8 Å². The summed E-state index contributed by atoms with van der Waals surface area (Å²) in [5, 5.41) is 2.66. The number of likely N-dealkylation sites (tertiary alicyclic amines) is 1. The predicted octanol–water partition coefficient (Wildman–Crippen LogP) is -0.334. The van der Waals surface area contributed by atoms with Crippen molar-refractivity contribution in [1.82, 2.24) is 10.2 Å². The first-order valence-electron chi connectivity index (χ1n) is 6.56. The van der Waals surface area contributed by atoms with Crippen molar-refractivity contribution in [3.63, 3.8) is 0 Å². The molecule has 0 aromatic heterocycles. The van der Waals surface area contributed by atoms with E-state index in [0.717, 1.165) is 12.7 Å². The lowest BCUT2D eigenvalue weighted by Gasteiger charge is -2.34. The van der Waals surface area contributed by atoms with Crippen molar-refractivity contribution in [2.45, 2.75) is 45.7 Å². The molecule has 0 saturated carbocycles. The first kappa shape index (κ1) is 15.6. The Morgan fingerprint density at radius 2 is 2.11 bits per heavy atom. The van der Waals surface area contributed by atoms with Gasteiger partial charge < -0.3 is 20.7 Å². The van der Waals surface area contributed by atoms with E-state index in [1.54, 1.807) is 4.90 Å². The molecule has 0 spiro atoms. The molecule has 2 atom stereocenters. The number of nitrogens with zero attached hydrogens (tertiary/aromatic N) is 1. The van der Waals surface area contributed by atoms with Crippen LogP contribution in [0.1, 0.15) is 33.6 Å². The summed E-state index contributed by atoms with van der Waals surface area (Å²) in [7, 11) is 0. The Morgan fingerprint density at radius 1 is 1.47 bits per heavy atom. The normalized spacial score (nSPS) is 21.1. The van der Waals surface area contributed by atoms with Gasteiger partial charge in [-0.25, -0.2) is 0 Å². The molecule has 1 fully saturated rings. The molecule has 0 bridgehead atoms. The highest BCUT2D eigenvalue weighted by Crippen LogP contribution is 2.24. The van der Waals surface area contributed by atoms with Crippen LogP contribution < -0.4 is 11.1 Å². The van der Waals surface area contributed by atoms with Crippen LogP contribution in [0.25, 0.3) is 0 Å². The van der Waals surface area contributed by atoms with E-state index in [0.29, 0.717) is 13.0 Å². The smallest absolute Gasteiger partial charge is 0.246 e. The summed E-state index contributed by atoms with van der Waals surface area (Å²) in [6.45, 7) is 6.03. The van der Waals surface area contributed by atoms with Crippen molar-refractivity contribution >= 4 is 18.1 Å². The lowest BCUT2D eigenvalue weighted by atomic mass is 9.85. The van der Waals surface area contributed by atoms with Crippen molar-refractivity contribution in [2.24, 2.45) is 11.1 Å². The van der Waals surface area contributed by atoms with Crippen LogP contribution in [-0.2, 0) is 14.4 Å². The van der Waals surface area contributed by atoms with Crippen molar-refractivity contribution in [2.75, 3.05) is 13.1 Å². The van der Waals surface area contributed by atoms with Gasteiger partial charge in [0.25, 0.3) is 0 Å². The highest BCUT2D eigenvalue weighted by molar-refractivity contribution is 5.90. The van der Waals surface area contributed by atoms with Gasteiger partial charge in [-0.3, -0.25) is 9.59 Å². The molecule has 108 valence electrons. The molecule has 1 heterocycles. The number of hydrogen-bond donors (Lipinski definition) is 2. The second-order valence-electron chi connectivity index (χ2n) is 5.95. The minimum atomic E-state index is -0.663. The Hall–Kier alpha value is -1.43. The Labute approximate surface area is 113 Å². The highest BCUT2D eigenvalue weighted by Gasteiger charge is 2.39. The maximum atomic E-state index is 12.5. The fourth-order valence-electron chi connectivity index (χ4n) is 2.24. The molecule has 1 rings (SSSR count). The first-order chi connectivity index (χ1) is 8.81. The van der Waals surface area contributed by atoms with Crippen LogP contribution in [-0.4, -0.2) is 48.2 Å². The molecule has 0 aromatic carbocycles. The van der Waals surface area contributed by atoms with E-state index in [2.05, 4.69) is 5.32 Å². The van der Waals surface area contributed by atoms with Crippen LogP contribution >= 0.6 is 0 Å². The van der Waals surface area contributed by atoms with Crippen LogP contribution in [0.3, 0.4) is 0 Å². The third-order valence-electron chi connectivity index (χ3n) is 3.34. The van der Waals surface area contributed by atoms with Crippen molar-refractivity contribution in [3.05, 3.63) is 0 Å². The zero-order valence-electron chi connectivity index (χ0n) is 11.8. The number of amides is 2. The summed E-state index contributed by atoms with van der Waals surface area (Å²) in [6.07, 6.45) is 2.31. The van der Waals surface area contributed by atoms with Crippen molar-refractivity contribution in [1.29, 1.82) is 0 Å². The molecule has 1 saturated heterocycles. The fraction of sp³-hybridized carbons (Fsp3) is 0.769. The van der Waals surface area contributed by atoms with Crippen LogP contribution in [0.15, 0.2) is 0 Å². The van der Waals surface area contributed by atoms with Gasteiger partial charge in [-0.15, -0.1) is 0 Å². The van der Waals surface area contributed by atoms with Crippen LogP contribution in [0.5, 0.6) is 0 Å². The van der Waals surface area contributed by atoms with Crippen molar-refractivity contribution in [3.8, 4) is 0 Å². The summed E-state index contributed by atoms with van der Waals surface area (Å²) >= 11 is 0. The van der Waals surface area contributed by atoms with E-state index < -0.39 is 11.5 Å². The molecule has 0 radical (unpaired) electrons. The van der Waals surface area contributed by atoms with Gasteiger partial charge in [0.15, 0.2) is 0 Å². The zero-order chi connectivity index (χ0) is 14.6. The van der Waals surface area contributed by atoms with Crippen LogP contribution in [0, 0.1) is 5.41 Å². The Bertz CT molecular complexity index is 363. The van der Waals surface area contributed by atoms with Gasteiger partial charge in [-0.1, -0.05) is 20.8 Å². The van der Waals surface area contributed by atoms with E-state index in [1.165, 1.54) is 0 Å². The second-order valence-corrected chi connectivity index (χ2v) is 5.95. The molecule has 19 heavy (non-hydrogen) atoms. The number of carbonyl (C=O) groups excluding carboxylic acids is 3. The molecule has 2 amide bonds. The maximum absolute atomic E-state index is 12.5. The van der Waals surface area contributed by atoms with Gasteiger partial charge in [0, 0.05) is 6.54 Å². The monoisotopic (exact) mass is 269 g/mol. The number of carbonyl (C=O) groups is 3. The van der Waals surface area contributed by atoms with E-state index >= 15 is 0 Å². The van der Waals surface area contributed by atoms with Crippen LogP contribution in [0.2, 0.25) is 0 Å². The topological polar surface area (TPSA) is 92.5 Å². The summed E-state index contributed by atoms with van der Waals surface area (Å²) in [5.41, 5.74) is 4.84. The van der Waals surface area contributed by atoms with Gasteiger partial charge in [-0.2, -0.15) is 0 Å². The van der Waals surface area contributed by atoms with Gasteiger partial charge >= 0.3 is 0 Å². The van der Waals surface area contributed by atoms with Gasteiger partial charge in [0.1, 0.15) is 12.3 Å². The van der Waals surface area contributed by atoms with Gasteiger partial charge in [0.2, 0.25) is 11.8 Å². The Kier molecular flexibility index (Phi) is 5.05. The number of nitrogens with one attached hydrogen (secondary N) is 1. The molecule has 3 N–H and O–H groups in total. The quantitative estimate of drug-likeness (QED) is 0.683. The highest BCUT2D eigenvalue weighted by atomic mass is 16.2. The number of aldehydes is 1. The molecule has 1 aliphatic rings. The molecule has 6 nitrogen and oxygen atoms in total. The lowest BCUT2D eigenvalue weighted by molar-refractivity contribution is -0.141. The third-order valence-corrected chi connectivity index (χ3v) is 3.34. The Morgan fingerprint density at radius 3 is 2.58 bits per heavy atom. The van der Waals surface area contributed by atoms with Crippen LogP contribution in [0.4, 0.5) is 0 Å². The standard InChI is InChI=1S/C13H23N3O3/c1-13(2,3)11(15-10(18)7-14)12(19)16-6-4-5-9(16)8-17/h8-9,11H,4-7,14H2,1-3H3,(H,15,18). The van der Waals surface area contributed by atoms with Crippen molar-refractivity contribution < 1.29 is 14.4 Å². The minimum absolute atomic E-state index is 0.156. The average molecular weight is 269 g/mol. The molecule has 2 unspecified atom stereocenters. The summed E-state index contributed by atoms with van der Waals surface area (Å²) in [4.78, 5) is 36.5. The maximum Gasteiger partial charge on any atom is 0.246 e. The second kappa shape index (κ2) is 6.14. The molecular weight excluding hydrogens is 246 g/mol. The van der Waals surface area contributed by atoms with E-state index in [9.17, 15) is 14.4 Å². The van der Waals surface area contributed by atoms with E-state index in [4.69, 9.17) is 5.73 Å². The molecular formula is C13H23N3O3. The summed E-state index contributed by atoms with van der Waals surface area (Å²) in [6, 6.07) is -1.03. The van der Waals surface area contributed by atoms with E-state index in [-0.39, 0.29) is 24.4 Å². The zero-order valence-corrected chi connectivity index (χ0v) is 11.8. The predicted molar refractivity (Wildman–Crippen MR) is 71.2 cm³/mol. The number of hydrogen-bond acceptors (Lipinski definition) is 4. The average Bonchev–Trinajstić information content (AvgIpc) is 2.81. The Balaban J connectivity index is 2.88. The first-order valence-corrected chi connectivity index (χ1v) is 6.56. The third kappa shape index (κ3) is 3.76. The SMILES string of the molecule is CC(C)(C)C(NC(=O)CN)C(=O)N1CCCC1C=O. The molecule has 0 aliphatic carbocycles. The lowest BCUT2D eigenvalue weighted by Crippen LogP contribution is -2.56. The number of rotatable bonds is 4. The van der Waals surface area contributed by atoms with Gasteiger partial charge in [0.05, 0.1) is 12.6 Å². The molecule has 1 aliphatic heterocycles. The summed E-state index contributed by atoms with van der Waals surface area (Å²) in [5.74, 6) is -0.570.